The quantitative estimate of drug-likeness (QED) is 0.521. The zero-order valence-electron chi connectivity index (χ0n) is 17.4. The number of fused-ring (bicyclic) bond motifs is 1. The summed E-state index contributed by atoms with van der Waals surface area (Å²) < 4.78 is 50.1. The average molecular weight is 484 g/mol. The van der Waals surface area contributed by atoms with Crippen LogP contribution in [0.25, 0.3) is 6.08 Å². The Hall–Kier alpha value is -3.47. The van der Waals surface area contributed by atoms with E-state index in [1.165, 1.54) is 46.8 Å². The average Bonchev–Trinajstić information content (AvgIpc) is 3.23. The van der Waals surface area contributed by atoms with Crippen LogP contribution in [0.2, 0.25) is 0 Å². The van der Waals surface area contributed by atoms with E-state index in [0.29, 0.717) is 29.9 Å². The highest BCUT2D eigenvalue weighted by atomic mass is 32.2. The molecule has 8 nitrogen and oxygen atoms in total. The van der Waals surface area contributed by atoms with E-state index in [9.17, 15) is 21.6 Å². The van der Waals surface area contributed by atoms with Crippen molar-refractivity contribution in [2.24, 2.45) is 5.14 Å². The van der Waals surface area contributed by atoms with Crippen molar-refractivity contribution < 1.29 is 21.6 Å². The zero-order chi connectivity index (χ0) is 23.6. The highest BCUT2D eigenvalue weighted by molar-refractivity contribution is 7.92. The topological polar surface area (TPSA) is 127 Å². The number of hydrogen-bond donors (Lipinski definition) is 2. The summed E-state index contributed by atoms with van der Waals surface area (Å²) in [6.07, 6.45) is 3.53. The highest BCUT2D eigenvalue weighted by Crippen LogP contribution is 2.32. The Morgan fingerprint density at radius 2 is 1.52 bits per heavy atom. The van der Waals surface area contributed by atoms with Gasteiger partial charge in [0.05, 0.1) is 15.5 Å². The minimum Gasteiger partial charge on any atom is -0.323 e. The van der Waals surface area contributed by atoms with Crippen LogP contribution in [0.15, 0.2) is 88.7 Å². The number of hydrogen-bond acceptors (Lipinski definition) is 5. The molecule has 1 aliphatic rings. The first-order chi connectivity index (χ1) is 15.6. The summed E-state index contributed by atoms with van der Waals surface area (Å²) in [7, 11) is -7.48. The number of para-hydroxylation sites is 1. The van der Waals surface area contributed by atoms with E-state index in [1.807, 2.05) is 18.2 Å². The van der Waals surface area contributed by atoms with Crippen molar-refractivity contribution in [1.82, 2.24) is 0 Å². The molecule has 3 aromatic rings. The largest absolute Gasteiger partial charge is 0.323 e. The Morgan fingerprint density at radius 1 is 0.879 bits per heavy atom. The lowest BCUT2D eigenvalue weighted by molar-refractivity contribution is -0.111. The van der Waals surface area contributed by atoms with Gasteiger partial charge in [0.25, 0.3) is 10.0 Å². The van der Waals surface area contributed by atoms with E-state index >= 15 is 0 Å². The minimum atomic E-state index is -3.80. The first kappa shape index (κ1) is 22.7. The number of rotatable bonds is 6. The van der Waals surface area contributed by atoms with E-state index in [2.05, 4.69) is 5.32 Å². The van der Waals surface area contributed by atoms with Crippen LogP contribution < -0.4 is 14.8 Å². The number of nitrogens with zero attached hydrogens (tertiary/aromatic N) is 1. The lowest BCUT2D eigenvalue weighted by atomic mass is 10.2. The Kier molecular flexibility index (Phi) is 6.07. The number of benzene rings is 3. The fraction of sp³-hybridized carbons (Fsp3) is 0.0870. The smallest absolute Gasteiger partial charge is 0.264 e. The Morgan fingerprint density at radius 3 is 2.18 bits per heavy atom. The maximum Gasteiger partial charge on any atom is 0.264 e. The van der Waals surface area contributed by atoms with Gasteiger partial charge in [-0.25, -0.2) is 22.0 Å². The third-order valence-electron chi connectivity index (χ3n) is 5.19. The summed E-state index contributed by atoms with van der Waals surface area (Å²) in [6.45, 7) is 0.404. The predicted octanol–water partition coefficient (Wildman–Crippen LogP) is 2.74. The van der Waals surface area contributed by atoms with Gasteiger partial charge in [0.2, 0.25) is 15.9 Å². The van der Waals surface area contributed by atoms with Crippen LogP contribution in [-0.2, 0) is 31.3 Å². The lowest BCUT2D eigenvalue weighted by Gasteiger charge is -2.19. The number of carbonyl (C=O) groups excluding carboxylic acids is 1. The molecule has 0 saturated carbocycles. The van der Waals surface area contributed by atoms with Gasteiger partial charge in [-0.05, 0) is 66.1 Å². The third-order valence-corrected chi connectivity index (χ3v) is 7.95. The maximum atomic E-state index is 13.1. The molecular formula is C23H21N3O5S2. The molecule has 0 bridgehead atoms. The number of carbonyl (C=O) groups is 1. The molecule has 0 radical (unpaired) electrons. The number of nitrogens with two attached hydrogens (primary N) is 1. The van der Waals surface area contributed by atoms with Crippen LogP contribution in [0.5, 0.6) is 0 Å². The molecule has 0 spiro atoms. The number of sulfonamides is 2. The molecule has 1 amide bonds. The second-order valence-electron chi connectivity index (χ2n) is 7.42. The van der Waals surface area contributed by atoms with E-state index < -0.39 is 26.0 Å². The van der Waals surface area contributed by atoms with Crippen molar-refractivity contribution in [2.75, 3.05) is 16.2 Å². The molecule has 0 saturated heterocycles. The Bertz CT molecular complexity index is 1430. The van der Waals surface area contributed by atoms with Gasteiger partial charge in [-0.1, -0.05) is 30.3 Å². The highest BCUT2D eigenvalue weighted by Gasteiger charge is 2.30. The van der Waals surface area contributed by atoms with Crippen molar-refractivity contribution in [1.29, 1.82) is 0 Å². The summed E-state index contributed by atoms with van der Waals surface area (Å²) in [5.74, 6) is -0.427. The molecule has 10 heteroatoms. The standard InChI is InChI=1S/C23H21N3O5S2/c24-32(28,29)20-12-8-19(9-13-20)25-23(27)14-7-17-5-10-21(11-6-17)33(30,31)26-16-15-18-3-1-2-4-22(18)26/h1-14H,15-16H2,(H,25,27)(H2,24,28,29)/b14-7+. The monoisotopic (exact) mass is 483 g/mol. The minimum absolute atomic E-state index is 0.0523. The first-order valence-electron chi connectivity index (χ1n) is 9.97. The van der Waals surface area contributed by atoms with Gasteiger partial charge in [0, 0.05) is 18.3 Å². The summed E-state index contributed by atoms with van der Waals surface area (Å²) in [5.41, 5.74) is 2.76. The van der Waals surface area contributed by atoms with E-state index in [-0.39, 0.29) is 9.79 Å². The normalized spacial score (nSPS) is 13.8. The molecule has 0 aliphatic carbocycles. The van der Waals surface area contributed by atoms with Crippen molar-refractivity contribution >= 4 is 43.4 Å². The van der Waals surface area contributed by atoms with Crippen LogP contribution in [-0.4, -0.2) is 29.3 Å². The van der Waals surface area contributed by atoms with Crippen LogP contribution in [0, 0.1) is 0 Å². The van der Waals surface area contributed by atoms with Gasteiger partial charge in [-0.15, -0.1) is 0 Å². The second kappa shape index (κ2) is 8.81. The lowest BCUT2D eigenvalue weighted by Crippen LogP contribution is -2.29. The maximum absolute atomic E-state index is 13.1. The number of anilines is 2. The molecule has 3 aromatic carbocycles. The van der Waals surface area contributed by atoms with Gasteiger partial charge in [0.1, 0.15) is 0 Å². The van der Waals surface area contributed by atoms with Crippen LogP contribution >= 0.6 is 0 Å². The van der Waals surface area contributed by atoms with Crippen molar-refractivity contribution in [3.8, 4) is 0 Å². The van der Waals surface area contributed by atoms with Crippen LogP contribution in [0.4, 0.5) is 11.4 Å². The summed E-state index contributed by atoms with van der Waals surface area (Å²) >= 11 is 0. The first-order valence-corrected chi connectivity index (χ1v) is 13.0. The van der Waals surface area contributed by atoms with Crippen molar-refractivity contribution in [3.63, 3.8) is 0 Å². The number of primary sulfonamides is 1. The molecule has 3 N–H and O–H groups in total. The molecule has 0 unspecified atom stereocenters. The summed E-state index contributed by atoms with van der Waals surface area (Å²) in [4.78, 5) is 12.3. The van der Waals surface area contributed by atoms with Crippen LogP contribution in [0.3, 0.4) is 0 Å². The van der Waals surface area contributed by atoms with Gasteiger partial charge < -0.3 is 5.32 Å². The van der Waals surface area contributed by atoms with Crippen molar-refractivity contribution in [2.45, 2.75) is 16.2 Å². The molecular weight excluding hydrogens is 462 g/mol. The van der Waals surface area contributed by atoms with E-state index in [0.717, 1.165) is 5.56 Å². The molecule has 4 rings (SSSR count). The predicted molar refractivity (Wildman–Crippen MR) is 127 cm³/mol. The number of nitrogens with one attached hydrogen (secondary N) is 1. The van der Waals surface area contributed by atoms with E-state index in [1.54, 1.807) is 24.3 Å². The second-order valence-corrected chi connectivity index (χ2v) is 10.8. The van der Waals surface area contributed by atoms with Gasteiger partial charge in [-0.3, -0.25) is 9.10 Å². The fourth-order valence-corrected chi connectivity index (χ4v) is 5.54. The molecule has 33 heavy (non-hydrogen) atoms. The zero-order valence-corrected chi connectivity index (χ0v) is 19.0. The van der Waals surface area contributed by atoms with Gasteiger partial charge in [-0.2, -0.15) is 0 Å². The molecule has 0 fully saturated rings. The summed E-state index contributed by atoms with van der Waals surface area (Å²) in [5, 5.41) is 7.66. The van der Waals surface area contributed by atoms with Gasteiger partial charge >= 0.3 is 0 Å². The van der Waals surface area contributed by atoms with Gasteiger partial charge in [0.15, 0.2) is 0 Å². The van der Waals surface area contributed by atoms with E-state index in [4.69, 9.17) is 5.14 Å². The number of amides is 1. The fourth-order valence-electron chi connectivity index (χ4n) is 3.52. The molecule has 170 valence electrons. The third kappa shape index (κ3) is 4.98. The summed E-state index contributed by atoms with van der Waals surface area (Å²) in [6, 6.07) is 19.2. The molecule has 1 aliphatic heterocycles. The van der Waals surface area contributed by atoms with Crippen molar-refractivity contribution in [3.05, 3.63) is 90.0 Å². The Balaban J connectivity index is 1.43. The SMILES string of the molecule is NS(=O)(=O)c1ccc(NC(=O)/C=C/c2ccc(S(=O)(=O)N3CCc4ccccc43)cc2)cc1. The Labute approximate surface area is 192 Å². The molecule has 1 heterocycles. The van der Waals surface area contributed by atoms with Crippen LogP contribution in [0.1, 0.15) is 11.1 Å². The molecule has 0 aromatic heterocycles. The molecule has 0 atom stereocenters.